The summed E-state index contributed by atoms with van der Waals surface area (Å²) in [5.74, 6) is -0.108. The van der Waals surface area contributed by atoms with Crippen molar-refractivity contribution in [3.63, 3.8) is 0 Å². The van der Waals surface area contributed by atoms with E-state index in [9.17, 15) is 9.59 Å². The van der Waals surface area contributed by atoms with Gasteiger partial charge in [-0.2, -0.15) is 0 Å². The molecule has 0 atom stereocenters. The summed E-state index contributed by atoms with van der Waals surface area (Å²) in [4.78, 5) is 21.3. The van der Waals surface area contributed by atoms with E-state index in [1.54, 1.807) is 12.1 Å². The number of carbonyl (C=O) groups excluding carboxylic acids is 2. The molecular formula is C10H10O2. The number of ketones is 1. The molecule has 0 radical (unpaired) electrons. The Morgan fingerprint density at radius 2 is 2.08 bits per heavy atom. The molecule has 1 rings (SSSR count). The van der Waals surface area contributed by atoms with Gasteiger partial charge in [0.1, 0.15) is 6.29 Å². The second kappa shape index (κ2) is 3.81. The smallest absolute Gasteiger partial charge is 0.170 e. The first-order valence-electron chi connectivity index (χ1n) is 3.78. The maximum Gasteiger partial charge on any atom is 0.170 e. The molecule has 1 aromatic carbocycles. The lowest BCUT2D eigenvalue weighted by molar-refractivity contribution is -0.107. The van der Waals surface area contributed by atoms with Crippen molar-refractivity contribution in [1.29, 1.82) is 0 Å². The van der Waals surface area contributed by atoms with Gasteiger partial charge in [0.15, 0.2) is 5.78 Å². The third kappa shape index (κ3) is 1.78. The predicted octanol–water partition coefficient (Wildman–Crippen LogP) is 1.77. The van der Waals surface area contributed by atoms with Gasteiger partial charge in [-0.15, -0.1) is 0 Å². The molecule has 0 bridgehead atoms. The van der Waals surface area contributed by atoms with Crippen LogP contribution < -0.4 is 0 Å². The highest BCUT2D eigenvalue weighted by molar-refractivity contribution is 6.03. The summed E-state index contributed by atoms with van der Waals surface area (Å²) in [6.45, 7) is 1.86. The molecule has 0 aromatic heterocycles. The van der Waals surface area contributed by atoms with E-state index in [-0.39, 0.29) is 12.2 Å². The zero-order chi connectivity index (χ0) is 8.97. The number of aryl methyl sites for hydroxylation is 1. The molecule has 0 saturated carbocycles. The Hall–Kier alpha value is -1.44. The summed E-state index contributed by atoms with van der Waals surface area (Å²) in [5.41, 5.74) is 1.56. The fraction of sp³-hybridized carbons (Fsp3) is 0.200. The Balaban J connectivity index is 2.94. The molecule has 0 N–H and O–H groups in total. The Morgan fingerprint density at radius 1 is 1.42 bits per heavy atom. The minimum Gasteiger partial charge on any atom is -0.303 e. The molecule has 0 fully saturated rings. The van der Waals surface area contributed by atoms with Gasteiger partial charge < -0.3 is 4.79 Å². The van der Waals surface area contributed by atoms with Gasteiger partial charge in [-0.05, 0) is 12.5 Å². The number of hydrogen-bond acceptors (Lipinski definition) is 2. The molecular weight excluding hydrogens is 152 g/mol. The van der Waals surface area contributed by atoms with E-state index in [0.717, 1.165) is 5.56 Å². The molecule has 1 aromatic rings. The average Bonchev–Trinajstić information content (AvgIpc) is 2.05. The molecule has 0 aliphatic carbocycles. The van der Waals surface area contributed by atoms with Crippen molar-refractivity contribution in [3.8, 4) is 0 Å². The van der Waals surface area contributed by atoms with E-state index in [1.807, 2.05) is 19.1 Å². The van der Waals surface area contributed by atoms with Crippen LogP contribution in [0.15, 0.2) is 24.3 Å². The van der Waals surface area contributed by atoms with Gasteiger partial charge in [0, 0.05) is 5.56 Å². The third-order valence-corrected chi connectivity index (χ3v) is 1.71. The van der Waals surface area contributed by atoms with E-state index in [0.29, 0.717) is 11.8 Å². The van der Waals surface area contributed by atoms with Crippen LogP contribution in [0.3, 0.4) is 0 Å². The topological polar surface area (TPSA) is 34.1 Å². The monoisotopic (exact) mass is 162 g/mol. The Bertz CT molecular complexity index is 302. The lowest BCUT2D eigenvalue weighted by Gasteiger charge is -2.00. The first kappa shape index (κ1) is 8.65. The van der Waals surface area contributed by atoms with Crippen molar-refractivity contribution in [2.45, 2.75) is 13.3 Å². The van der Waals surface area contributed by atoms with Gasteiger partial charge in [-0.3, -0.25) is 4.79 Å². The lowest BCUT2D eigenvalue weighted by Crippen LogP contribution is -2.01. The lowest BCUT2D eigenvalue weighted by atomic mass is 10.0. The number of benzene rings is 1. The first-order chi connectivity index (χ1) is 5.75. The summed E-state index contributed by atoms with van der Waals surface area (Å²) in [7, 11) is 0. The van der Waals surface area contributed by atoms with Crippen LogP contribution >= 0.6 is 0 Å². The highest BCUT2D eigenvalue weighted by Crippen LogP contribution is 2.08. The van der Waals surface area contributed by atoms with Crippen LogP contribution in [0.5, 0.6) is 0 Å². The van der Waals surface area contributed by atoms with E-state index in [2.05, 4.69) is 0 Å². The molecule has 0 aliphatic rings. The highest BCUT2D eigenvalue weighted by Gasteiger charge is 2.06. The normalized spacial score (nSPS) is 9.42. The van der Waals surface area contributed by atoms with E-state index in [1.165, 1.54) is 0 Å². The fourth-order valence-corrected chi connectivity index (χ4v) is 1.07. The average molecular weight is 162 g/mol. The minimum atomic E-state index is -0.108. The predicted molar refractivity (Wildman–Crippen MR) is 46.2 cm³/mol. The van der Waals surface area contributed by atoms with Crippen molar-refractivity contribution in [2.24, 2.45) is 0 Å². The molecule has 0 aliphatic heterocycles. The Kier molecular flexibility index (Phi) is 2.75. The molecule has 12 heavy (non-hydrogen) atoms. The molecule has 2 heteroatoms. The fourth-order valence-electron chi connectivity index (χ4n) is 1.07. The summed E-state index contributed by atoms with van der Waals surface area (Å²) in [6.07, 6.45) is 0.611. The van der Waals surface area contributed by atoms with Gasteiger partial charge in [-0.1, -0.05) is 24.3 Å². The van der Waals surface area contributed by atoms with Gasteiger partial charge >= 0.3 is 0 Å². The standard InChI is InChI=1S/C10H10O2/c1-8-4-2-3-5-9(8)10(12)6-7-11/h2-5,7H,6H2,1H3. The summed E-state index contributed by atoms with van der Waals surface area (Å²) in [5, 5.41) is 0. The van der Waals surface area contributed by atoms with Crippen LogP contribution in [0.2, 0.25) is 0 Å². The summed E-state index contributed by atoms with van der Waals surface area (Å²) >= 11 is 0. The zero-order valence-electron chi connectivity index (χ0n) is 6.91. The molecule has 0 unspecified atom stereocenters. The molecule has 0 amide bonds. The molecule has 0 saturated heterocycles. The number of rotatable bonds is 3. The van der Waals surface area contributed by atoms with Crippen molar-refractivity contribution in [1.82, 2.24) is 0 Å². The molecule has 0 heterocycles. The summed E-state index contributed by atoms with van der Waals surface area (Å²) < 4.78 is 0. The van der Waals surface area contributed by atoms with E-state index < -0.39 is 0 Å². The second-order valence-corrected chi connectivity index (χ2v) is 2.61. The quantitative estimate of drug-likeness (QED) is 0.385. The zero-order valence-corrected chi connectivity index (χ0v) is 6.91. The summed E-state index contributed by atoms with van der Waals surface area (Å²) in [6, 6.07) is 7.26. The number of carbonyl (C=O) groups is 2. The van der Waals surface area contributed by atoms with Crippen LogP contribution in [0.25, 0.3) is 0 Å². The van der Waals surface area contributed by atoms with Crippen molar-refractivity contribution in [2.75, 3.05) is 0 Å². The SMILES string of the molecule is Cc1ccccc1C(=O)CC=O. The molecule has 62 valence electrons. The highest BCUT2D eigenvalue weighted by atomic mass is 16.1. The largest absolute Gasteiger partial charge is 0.303 e. The van der Waals surface area contributed by atoms with Crippen LogP contribution in [-0.2, 0) is 4.79 Å². The van der Waals surface area contributed by atoms with Gasteiger partial charge in [0.2, 0.25) is 0 Å². The Morgan fingerprint density at radius 3 is 2.67 bits per heavy atom. The maximum absolute atomic E-state index is 11.2. The second-order valence-electron chi connectivity index (χ2n) is 2.61. The van der Waals surface area contributed by atoms with Gasteiger partial charge in [-0.25, -0.2) is 0 Å². The molecule has 2 nitrogen and oxygen atoms in total. The van der Waals surface area contributed by atoms with Crippen molar-refractivity contribution < 1.29 is 9.59 Å². The first-order valence-corrected chi connectivity index (χ1v) is 3.78. The maximum atomic E-state index is 11.2. The van der Waals surface area contributed by atoms with E-state index in [4.69, 9.17) is 0 Å². The number of hydrogen-bond donors (Lipinski definition) is 0. The van der Waals surface area contributed by atoms with Crippen LogP contribution in [0.1, 0.15) is 22.3 Å². The van der Waals surface area contributed by atoms with E-state index >= 15 is 0 Å². The number of Topliss-reactive ketones (excluding diaryl/α,β-unsaturated/α-hetero) is 1. The van der Waals surface area contributed by atoms with Crippen LogP contribution in [-0.4, -0.2) is 12.1 Å². The van der Waals surface area contributed by atoms with Crippen molar-refractivity contribution in [3.05, 3.63) is 35.4 Å². The Labute approximate surface area is 71.2 Å². The third-order valence-electron chi connectivity index (χ3n) is 1.71. The van der Waals surface area contributed by atoms with Crippen LogP contribution in [0, 0.1) is 6.92 Å². The van der Waals surface area contributed by atoms with Crippen LogP contribution in [0.4, 0.5) is 0 Å². The minimum absolute atomic E-state index is 0.0230. The van der Waals surface area contributed by atoms with Gasteiger partial charge in [0.25, 0.3) is 0 Å². The molecule has 0 spiro atoms. The van der Waals surface area contributed by atoms with Gasteiger partial charge in [0.05, 0.1) is 6.42 Å². The van der Waals surface area contributed by atoms with Crippen molar-refractivity contribution >= 4 is 12.1 Å². The number of aldehydes is 1.